The number of ether oxygens (including phenoxy) is 3. The van der Waals surface area contributed by atoms with Gasteiger partial charge in [-0.3, -0.25) is 14.4 Å². The van der Waals surface area contributed by atoms with Gasteiger partial charge in [0, 0.05) is 19.3 Å². The van der Waals surface area contributed by atoms with Gasteiger partial charge in [-0.2, -0.15) is 0 Å². The van der Waals surface area contributed by atoms with Crippen LogP contribution in [0.3, 0.4) is 0 Å². The minimum absolute atomic E-state index is 0.0842. The number of allylic oxidation sites excluding steroid dienone is 12. The summed E-state index contributed by atoms with van der Waals surface area (Å²) >= 11 is 0. The number of esters is 3. The van der Waals surface area contributed by atoms with Crippen LogP contribution in [-0.2, 0) is 28.6 Å². The van der Waals surface area contributed by atoms with Crippen molar-refractivity contribution in [2.45, 2.75) is 297 Å². The van der Waals surface area contributed by atoms with Crippen molar-refractivity contribution in [2.75, 3.05) is 13.2 Å². The van der Waals surface area contributed by atoms with Crippen LogP contribution in [0.15, 0.2) is 72.9 Å². The Labute approximate surface area is 427 Å². The van der Waals surface area contributed by atoms with Crippen LogP contribution in [0.1, 0.15) is 290 Å². The molecule has 69 heavy (non-hydrogen) atoms. The highest BCUT2D eigenvalue weighted by Crippen LogP contribution is 2.15. The lowest BCUT2D eigenvalue weighted by Crippen LogP contribution is -2.30. The molecule has 0 aromatic heterocycles. The van der Waals surface area contributed by atoms with E-state index in [0.717, 1.165) is 83.5 Å². The maximum absolute atomic E-state index is 12.9. The molecular weight excluding hydrogens is 853 g/mol. The average molecular weight is 964 g/mol. The Morgan fingerprint density at radius 1 is 0.319 bits per heavy atom. The number of unbranched alkanes of at least 4 members (excludes halogenated alkanes) is 32. The molecule has 0 spiro atoms. The second-order valence-electron chi connectivity index (χ2n) is 19.6. The second kappa shape index (κ2) is 57.4. The zero-order chi connectivity index (χ0) is 50.0. The highest BCUT2D eigenvalue weighted by molar-refractivity contribution is 5.71. The first kappa shape index (κ1) is 65.8. The Hall–Kier alpha value is -3.15. The molecule has 6 heteroatoms. The van der Waals surface area contributed by atoms with Crippen LogP contribution < -0.4 is 0 Å². The molecule has 1 atom stereocenters. The minimum Gasteiger partial charge on any atom is -0.462 e. The van der Waals surface area contributed by atoms with Crippen LogP contribution in [-0.4, -0.2) is 37.2 Å². The number of hydrogen-bond donors (Lipinski definition) is 0. The van der Waals surface area contributed by atoms with Crippen molar-refractivity contribution in [3.63, 3.8) is 0 Å². The van der Waals surface area contributed by atoms with Gasteiger partial charge in [0.05, 0.1) is 0 Å². The first-order valence-electron chi connectivity index (χ1n) is 29.5. The van der Waals surface area contributed by atoms with Crippen molar-refractivity contribution < 1.29 is 28.6 Å². The summed E-state index contributed by atoms with van der Waals surface area (Å²) in [4.78, 5) is 38.2. The maximum atomic E-state index is 12.9. The first-order chi connectivity index (χ1) is 34.0. The van der Waals surface area contributed by atoms with E-state index >= 15 is 0 Å². The van der Waals surface area contributed by atoms with Crippen molar-refractivity contribution in [1.29, 1.82) is 0 Å². The monoisotopic (exact) mass is 963 g/mol. The number of rotatable bonds is 53. The van der Waals surface area contributed by atoms with Crippen molar-refractivity contribution in [3.8, 4) is 0 Å². The van der Waals surface area contributed by atoms with E-state index < -0.39 is 6.10 Å². The van der Waals surface area contributed by atoms with Crippen molar-refractivity contribution in [3.05, 3.63) is 72.9 Å². The van der Waals surface area contributed by atoms with Gasteiger partial charge in [-0.25, -0.2) is 0 Å². The number of carbonyl (C=O) groups excluding carboxylic acids is 3. The van der Waals surface area contributed by atoms with Crippen LogP contribution in [0.4, 0.5) is 0 Å². The molecule has 0 aliphatic carbocycles. The Kier molecular flexibility index (Phi) is 54.8. The fraction of sp³-hybridized carbons (Fsp3) is 0.762. The molecule has 0 fully saturated rings. The van der Waals surface area contributed by atoms with Gasteiger partial charge in [0.1, 0.15) is 13.2 Å². The normalized spacial score (nSPS) is 12.6. The van der Waals surface area contributed by atoms with Crippen LogP contribution >= 0.6 is 0 Å². The van der Waals surface area contributed by atoms with Gasteiger partial charge in [0.15, 0.2) is 6.10 Å². The molecule has 0 N–H and O–H groups in total. The van der Waals surface area contributed by atoms with Crippen LogP contribution in [0.5, 0.6) is 0 Å². The summed E-state index contributed by atoms with van der Waals surface area (Å²) in [5.41, 5.74) is 0. The molecule has 6 nitrogen and oxygen atoms in total. The standard InChI is InChI=1S/C63H110O6/c1-4-7-10-13-16-19-22-25-28-30-31-33-35-38-41-44-47-50-53-56-62(65)68-59-60(58-67-61(64)55-52-49-46-43-40-37-34-27-24-21-18-15-12-9-6-3)69-63(66)57-54-51-48-45-42-39-36-32-29-26-23-20-17-14-11-8-5-2/h9,12,15,17-18,20-21,24,26,29-31,60H,4-8,10-11,13-14,16,19,22-23,25,27-28,32-59H2,1-3H3/b12-9-,18-15-,20-17-,24-21-,29-26-,31-30-. The molecule has 0 amide bonds. The van der Waals surface area contributed by atoms with Gasteiger partial charge in [-0.15, -0.1) is 0 Å². The summed E-state index contributed by atoms with van der Waals surface area (Å²) < 4.78 is 16.9. The van der Waals surface area contributed by atoms with Gasteiger partial charge >= 0.3 is 17.9 Å². The van der Waals surface area contributed by atoms with Crippen molar-refractivity contribution in [1.82, 2.24) is 0 Å². The van der Waals surface area contributed by atoms with Crippen LogP contribution in [0.25, 0.3) is 0 Å². The van der Waals surface area contributed by atoms with Gasteiger partial charge in [-0.05, 0) is 96.3 Å². The SMILES string of the molecule is CC\C=C/C=C\C=C/CCCCCCCCCC(=O)OCC(COC(=O)CCCCCCCCC/C=C\CCCCCCCCCC)OC(=O)CCCCCCCCC/C=C\C/C=C\CCCCC. The lowest BCUT2D eigenvalue weighted by Gasteiger charge is -2.18. The molecule has 0 saturated heterocycles. The molecule has 0 heterocycles. The number of hydrogen-bond acceptors (Lipinski definition) is 6. The Balaban J connectivity index is 4.39. The molecule has 0 radical (unpaired) electrons. The van der Waals surface area contributed by atoms with Gasteiger partial charge in [-0.1, -0.05) is 248 Å². The predicted octanol–water partition coefficient (Wildman–Crippen LogP) is 19.8. The van der Waals surface area contributed by atoms with Gasteiger partial charge < -0.3 is 14.2 Å². The molecule has 0 aliphatic rings. The topological polar surface area (TPSA) is 78.9 Å². The average Bonchev–Trinajstić information content (AvgIpc) is 3.35. The quantitative estimate of drug-likeness (QED) is 0.0199. The molecule has 0 bridgehead atoms. The summed E-state index contributed by atoms with van der Waals surface area (Å²) in [7, 11) is 0. The third kappa shape index (κ3) is 55.6. The van der Waals surface area contributed by atoms with E-state index in [9.17, 15) is 14.4 Å². The molecule has 0 rings (SSSR count). The Bertz CT molecular complexity index is 1290. The highest BCUT2D eigenvalue weighted by Gasteiger charge is 2.19. The zero-order valence-corrected chi connectivity index (χ0v) is 45.6. The lowest BCUT2D eigenvalue weighted by molar-refractivity contribution is -0.167. The molecule has 0 aromatic rings. The Morgan fingerprint density at radius 2 is 0.623 bits per heavy atom. The maximum Gasteiger partial charge on any atom is 0.306 e. The number of carbonyl (C=O) groups is 3. The van der Waals surface area contributed by atoms with Crippen LogP contribution in [0.2, 0.25) is 0 Å². The van der Waals surface area contributed by atoms with Crippen molar-refractivity contribution in [2.24, 2.45) is 0 Å². The Morgan fingerprint density at radius 3 is 1.03 bits per heavy atom. The van der Waals surface area contributed by atoms with E-state index in [-0.39, 0.29) is 31.1 Å². The largest absolute Gasteiger partial charge is 0.462 e. The lowest BCUT2D eigenvalue weighted by atomic mass is 10.1. The van der Waals surface area contributed by atoms with E-state index in [0.29, 0.717) is 19.3 Å². The van der Waals surface area contributed by atoms with E-state index in [4.69, 9.17) is 14.2 Å². The summed E-state index contributed by atoms with van der Waals surface area (Å²) in [5.74, 6) is -0.899. The summed E-state index contributed by atoms with van der Waals surface area (Å²) in [6, 6.07) is 0. The van der Waals surface area contributed by atoms with Gasteiger partial charge in [0.2, 0.25) is 0 Å². The smallest absolute Gasteiger partial charge is 0.306 e. The summed E-state index contributed by atoms with van der Waals surface area (Å²) in [5, 5.41) is 0. The third-order valence-electron chi connectivity index (χ3n) is 12.7. The van der Waals surface area contributed by atoms with E-state index in [1.165, 1.54) is 167 Å². The van der Waals surface area contributed by atoms with Crippen LogP contribution in [0, 0.1) is 0 Å². The third-order valence-corrected chi connectivity index (χ3v) is 12.7. The predicted molar refractivity (Wildman–Crippen MR) is 298 cm³/mol. The minimum atomic E-state index is -0.787. The summed E-state index contributed by atoms with van der Waals surface area (Å²) in [6.07, 6.45) is 73.2. The summed E-state index contributed by atoms with van der Waals surface area (Å²) in [6.45, 7) is 6.49. The molecular formula is C63H110O6. The molecule has 0 aromatic carbocycles. The molecule has 1 unspecified atom stereocenters. The van der Waals surface area contributed by atoms with E-state index in [1.54, 1.807) is 0 Å². The van der Waals surface area contributed by atoms with E-state index in [2.05, 4.69) is 93.7 Å². The first-order valence-corrected chi connectivity index (χ1v) is 29.5. The van der Waals surface area contributed by atoms with Gasteiger partial charge in [0.25, 0.3) is 0 Å². The highest BCUT2D eigenvalue weighted by atomic mass is 16.6. The van der Waals surface area contributed by atoms with E-state index in [1.807, 2.05) is 0 Å². The fourth-order valence-corrected chi connectivity index (χ4v) is 8.29. The van der Waals surface area contributed by atoms with Crippen molar-refractivity contribution >= 4 is 17.9 Å². The molecule has 0 saturated carbocycles. The fourth-order valence-electron chi connectivity index (χ4n) is 8.29. The second-order valence-corrected chi connectivity index (χ2v) is 19.6. The zero-order valence-electron chi connectivity index (χ0n) is 45.6. The molecule has 0 aliphatic heterocycles. The molecule has 398 valence electrons.